The second-order valence-corrected chi connectivity index (χ2v) is 3.82. The molecule has 0 radical (unpaired) electrons. The minimum absolute atomic E-state index is 0.0462. The van der Waals surface area contributed by atoms with Crippen molar-refractivity contribution in [3.8, 4) is 0 Å². The first kappa shape index (κ1) is 12.5. The Bertz CT molecular complexity index is 179. The zero-order chi connectivity index (χ0) is 10.9. The lowest BCUT2D eigenvalue weighted by Crippen LogP contribution is -2.35. The first-order valence-electron chi connectivity index (χ1n) is 5.79. The minimum Gasteiger partial charge on any atom is -0.463 e. The molecule has 1 heterocycles. The summed E-state index contributed by atoms with van der Waals surface area (Å²) >= 11 is 0. The van der Waals surface area contributed by atoms with Crippen molar-refractivity contribution in [1.29, 1.82) is 0 Å². The highest BCUT2D eigenvalue weighted by atomic mass is 16.6. The van der Waals surface area contributed by atoms with E-state index < -0.39 is 0 Å². The molecule has 1 rings (SSSR count). The maximum Gasteiger partial charge on any atom is 0.310 e. The van der Waals surface area contributed by atoms with Crippen molar-refractivity contribution in [3.05, 3.63) is 0 Å². The molecule has 0 saturated carbocycles. The van der Waals surface area contributed by atoms with E-state index in [2.05, 4.69) is 12.2 Å². The standard InChI is InChI=1S/C11H21NO3/c1-2-6-14-7-8-15-11(13)10-4-3-5-12-9-10/h10,12H,2-9H2,1H3/t10-/m1/s1. The van der Waals surface area contributed by atoms with E-state index >= 15 is 0 Å². The van der Waals surface area contributed by atoms with E-state index in [0.717, 1.165) is 39.0 Å². The molecule has 15 heavy (non-hydrogen) atoms. The maximum absolute atomic E-state index is 11.5. The summed E-state index contributed by atoms with van der Waals surface area (Å²) in [7, 11) is 0. The molecular formula is C11H21NO3. The molecule has 0 aromatic carbocycles. The van der Waals surface area contributed by atoms with Crippen molar-refractivity contribution in [2.45, 2.75) is 26.2 Å². The number of hydrogen-bond acceptors (Lipinski definition) is 4. The van der Waals surface area contributed by atoms with Crippen LogP contribution >= 0.6 is 0 Å². The smallest absolute Gasteiger partial charge is 0.310 e. The summed E-state index contributed by atoms with van der Waals surface area (Å²) in [6.07, 6.45) is 3.01. The number of hydrogen-bond donors (Lipinski definition) is 1. The van der Waals surface area contributed by atoms with Gasteiger partial charge in [-0.2, -0.15) is 0 Å². The van der Waals surface area contributed by atoms with Crippen LogP contribution in [0.1, 0.15) is 26.2 Å². The average molecular weight is 215 g/mol. The van der Waals surface area contributed by atoms with Crippen LogP contribution in [-0.2, 0) is 14.3 Å². The Morgan fingerprint density at radius 1 is 1.40 bits per heavy atom. The van der Waals surface area contributed by atoms with Gasteiger partial charge in [0.2, 0.25) is 0 Å². The van der Waals surface area contributed by atoms with Gasteiger partial charge in [-0.3, -0.25) is 4.79 Å². The zero-order valence-electron chi connectivity index (χ0n) is 9.46. The van der Waals surface area contributed by atoms with Crippen molar-refractivity contribution >= 4 is 5.97 Å². The summed E-state index contributed by atoms with van der Waals surface area (Å²) in [6, 6.07) is 0. The average Bonchev–Trinajstić information content (AvgIpc) is 2.30. The Morgan fingerprint density at radius 3 is 2.93 bits per heavy atom. The number of ether oxygens (including phenoxy) is 2. The molecule has 4 heteroatoms. The molecular weight excluding hydrogens is 194 g/mol. The normalized spacial score (nSPS) is 21.3. The second-order valence-electron chi connectivity index (χ2n) is 3.82. The predicted molar refractivity (Wildman–Crippen MR) is 57.7 cm³/mol. The summed E-state index contributed by atoms with van der Waals surface area (Å²) in [4.78, 5) is 11.5. The predicted octanol–water partition coefficient (Wildman–Crippen LogP) is 0.956. The molecule has 0 amide bonds. The first-order chi connectivity index (χ1) is 7.34. The van der Waals surface area contributed by atoms with E-state index in [1.54, 1.807) is 0 Å². The highest BCUT2D eigenvalue weighted by Crippen LogP contribution is 2.11. The SMILES string of the molecule is CCCOCCOC(=O)[C@@H]1CCCNC1. The fourth-order valence-electron chi connectivity index (χ4n) is 1.62. The fraction of sp³-hybridized carbons (Fsp3) is 0.909. The van der Waals surface area contributed by atoms with Gasteiger partial charge in [-0.15, -0.1) is 0 Å². The van der Waals surface area contributed by atoms with E-state index in [-0.39, 0.29) is 11.9 Å². The van der Waals surface area contributed by atoms with Crippen LogP contribution in [0.5, 0.6) is 0 Å². The summed E-state index contributed by atoms with van der Waals surface area (Å²) in [6.45, 7) is 5.47. The van der Waals surface area contributed by atoms with Crippen molar-refractivity contribution in [2.24, 2.45) is 5.92 Å². The lowest BCUT2D eigenvalue weighted by atomic mass is 10.0. The van der Waals surface area contributed by atoms with Crippen LogP contribution < -0.4 is 5.32 Å². The number of nitrogens with one attached hydrogen (secondary N) is 1. The van der Waals surface area contributed by atoms with Crippen molar-refractivity contribution in [3.63, 3.8) is 0 Å². The van der Waals surface area contributed by atoms with Crippen LogP contribution in [0.4, 0.5) is 0 Å². The molecule has 0 unspecified atom stereocenters. The topological polar surface area (TPSA) is 47.6 Å². The lowest BCUT2D eigenvalue weighted by molar-refractivity contribution is -0.150. The van der Waals surface area contributed by atoms with Gasteiger partial charge in [0.25, 0.3) is 0 Å². The molecule has 0 bridgehead atoms. The van der Waals surface area contributed by atoms with Crippen LogP contribution in [0, 0.1) is 5.92 Å². The second kappa shape index (κ2) is 7.65. The van der Waals surface area contributed by atoms with Crippen molar-refractivity contribution < 1.29 is 14.3 Å². The third kappa shape index (κ3) is 5.14. The molecule has 1 aliphatic rings. The minimum atomic E-state index is -0.0812. The van der Waals surface area contributed by atoms with Gasteiger partial charge in [0.15, 0.2) is 0 Å². The summed E-state index contributed by atoms with van der Waals surface area (Å²) < 4.78 is 10.4. The quantitative estimate of drug-likeness (QED) is 0.529. The zero-order valence-corrected chi connectivity index (χ0v) is 9.46. The number of rotatable bonds is 6. The van der Waals surface area contributed by atoms with Gasteiger partial charge < -0.3 is 14.8 Å². The number of esters is 1. The highest BCUT2D eigenvalue weighted by molar-refractivity contribution is 5.72. The van der Waals surface area contributed by atoms with Crippen LogP contribution in [0.3, 0.4) is 0 Å². The highest BCUT2D eigenvalue weighted by Gasteiger charge is 2.21. The maximum atomic E-state index is 11.5. The van der Waals surface area contributed by atoms with E-state index in [0.29, 0.717) is 13.2 Å². The fourth-order valence-corrected chi connectivity index (χ4v) is 1.62. The van der Waals surface area contributed by atoms with Gasteiger partial charge in [0.05, 0.1) is 12.5 Å². The van der Waals surface area contributed by atoms with E-state index in [9.17, 15) is 4.79 Å². The van der Waals surface area contributed by atoms with Crippen molar-refractivity contribution in [2.75, 3.05) is 32.9 Å². The van der Waals surface area contributed by atoms with E-state index in [1.165, 1.54) is 0 Å². The molecule has 0 aromatic heterocycles. The van der Waals surface area contributed by atoms with E-state index in [4.69, 9.17) is 9.47 Å². The Morgan fingerprint density at radius 2 is 2.27 bits per heavy atom. The Labute approximate surface area is 91.3 Å². The van der Waals surface area contributed by atoms with Crippen LogP contribution in [0.15, 0.2) is 0 Å². The third-order valence-corrected chi connectivity index (χ3v) is 2.45. The molecule has 1 fully saturated rings. The van der Waals surface area contributed by atoms with Crippen LogP contribution in [0.25, 0.3) is 0 Å². The molecule has 0 aromatic rings. The molecule has 1 aliphatic heterocycles. The van der Waals surface area contributed by atoms with Crippen molar-refractivity contribution in [1.82, 2.24) is 5.32 Å². The molecule has 1 saturated heterocycles. The van der Waals surface area contributed by atoms with Gasteiger partial charge in [-0.25, -0.2) is 0 Å². The number of piperidine rings is 1. The summed E-state index contributed by atoms with van der Waals surface area (Å²) in [5, 5.41) is 3.19. The summed E-state index contributed by atoms with van der Waals surface area (Å²) in [5.74, 6) is -0.0350. The molecule has 1 N–H and O–H groups in total. The van der Waals surface area contributed by atoms with Crippen LogP contribution in [0.2, 0.25) is 0 Å². The molecule has 0 aliphatic carbocycles. The van der Waals surface area contributed by atoms with Crippen LogP contribution in [-0.4, -0.2) is 38.9 Å². The summed E-state index contributed by atoms with van der Waals surface area (Å²) in [5.41, 5.74) is 0. The Balaban J connectivity index is 2.02. The Kier molecular flexibility index (Phi) is 6.36. The van der Waals surface area contributed by atoms with Gasteiger partial charge in [0, 0.05) is 13.2 Å². The third-order valence-electron chi connectivity index (χ3n) is 2.45. The first-order valence-corrected chi connectivity index (χ1v) is 5.79. The van der Waals surface area contributed by atoms with Gasteiger partial charge >= 0.3 is 5.97 Å². The largest absolute Gasteiger partial charge is 0.463 e. The monoisotopic (exact) mass is 215 g/mol. The van der Waals surface area contributed by atoms with Gasteiger partial charge in [0.1, 0.15) is 6.61 Å². The van der Waals surface area contributed by atoms with Gasteiger partial charge in [-0.1, -0.05) is 6.92 Å². The Hall–Kier alpha value is -0.610. The van der Waals surface area contributed by atoms with E-state index in [1.807, 2.05) is 0 Å². The number of carbonyl (C=O) groups excluding carboxylic acids is 1. The molecule has 1 atom stereocenters. The lowest BCUT2D eigenvalue weighted by Gasteiger charge is -2.20. The molecule has 0 spiro atoms. The van der Waals surface area contributed by atoms with Gasteiger partial charge in [-0.05, 0) is 25.8 Å². The molecule has 88 valence electrons. The molecule has 4 nitrogen and oxygen atoms in total. The number of carbonyl (C=O) groups is 1.